The van der Waals surface area contributed by atoms with E-state index in [0.717, 1.165) is 86.6 Å². The van der Waals surface area contributed by atoms with Crippen LogP contribution in [0.2, 0.25) is 0 Å². The molecule has 2 aliphatic rings. The fraction of sp³-hybridized carbons (Fsp3) is 0.480. The summed E-state index contributed by atoms with van der Waals surface area (Å²) in [6.45, 7) is 3.20. The Kier molecular flexibility index (Phi) is 6.80. The third kappa shape index (κ3) is 5.09. The quantitative estimate of drug-likeness (QED) is 0.597. The molecular formula is C25H30N6O3. The SMILES string of the molecule is CNC(=O)c1ccnc(CC2CCC(Oc3cc(N4CCOCC4)cc4ncncc34)CC2)n1. The van der Waals surface area contributed by atoms with E-state index >= 15 is 0 Å². The van der Waals surface area contributed by atoms with E-state index in [1.165, 1.54) is 0 Å². The lowest BCUT2D eigenvalue weighted by molar-refractivity contribution is 0.0957. The van der Waals surface area contributed by atoms with Crippen molar-refractivity contribution in [2.24, 2.45) is 5.92 Å². The summed E-state index contributed by atoms with van der Waals surface area (Å²) in [5.74, 6) is 1.88. The van der Waals surface area contributed by atoms with Gasteiger partial charge in [-0.3, -0.25) is 4.79 Å². The van der Waals surface area contributed by atoms with E-state index in [2.05, 4.69) is 42.3 Å². The van der Waals surface area contributed by atoms with Gasteiger partial charge < -0.3 is 19.7 Å². The molecule has 3 aromatic rings. The maximum atomic E-state index is 11.9. The predicted octanol–water partition coefficient (Wildman–Crippen LogP) is 2.80. The minimum Gasteiger partial charge on any atom is -0.490 e. The van der Waals surface area contributed by atoms with Gasteiger partial charge in [-0.2, -0.15) is 0 Å². The Morgan fingerprint density at radius 1 is 1.18 bits per heavy atom. The molecule has 1 saturated carbocycles. The zero-order chi connectivity index (χ0) is 23.3. The highest BCUT2D eigenvalue weighted by Crippen LogP contribution is 2.35. The van der Waals surface area contributed by atoms with E-state index in [-0.39, 0.29) is 12.0 Å². The van der Waals surface area contributed by atoms with Crippen molar-refractivity contribution < 1.29 is 14.3 Å². The lowest BCUT2D eigenvalue weighted by atomic mass is 9.85. The molecule has 0 unspecified atom stereocenters. The summed E-state index contributed by atoms with van der Waals surface area (Å²) in [4.78, 5) is 31.7. The number of carbonyl (C=O) groups is 1. The molecule has 0 radical (unpaired) electrons. The van der Waals surface area contributed by atoms with Crippen LogP contribution in [0.1, 0.15) is 42.0 Å². The number of ether oxygens (including phenoxy) is 2. The molecule has 1 aliphatic carbocycles. The Bertz CT molecular complexity index is 1140. The normalized spacial score (nSPS) is 20.8. The Balaban J connectivity index is 1.25. The number of hydrogen-bond donors (Lipinski definition) is 1. The summed E-state index contributed by atoms with van der Waals surface area (Å²) in [5, 5.41) is 3.56. The first-order chi connectivity index (χ1) is 16.7. The molecule has 2 fully saturated rings. The molecule has 9 heteroatoms. The number of rotatable bonds is 6. The van der Waals surface area contributed by atoms with Crippen molar-refractivity contribution in [3.63, 3.8) is 0 Å². The Morgan fingerprint density at radius 2 is 2.00 bits per heavy atom. The summed E-state index contributed by atoms with van der Waals surface area (Å²) < 4.78 is 12.1. The van der Waals surface area contributed by atoms with Crippen LogP contribution in [-0.4, -0.2) is 65.3 Å². The van der Waals surface area contributed by atoms with Crippen LogP contribution >= 0.6 is 0 Å². The zero-order valence-electron chi connectivity index (χ0n) is 19.4. The van der Waals surface area contributed by atoms with E-state index < -0.39 is 0 Å². The van der Waals surface area contributed by atoms with Gasteiger partial charge in [-0.1, -0.05) is 0 Å². The van der Waals surface area contributed by atoms with Crippen LogP contribution in [0.25, 0.3) is 10.9 Å². The fourth-order valence-corrected chi connectivity index (χ4v) is 4.78. The molecule has 1 saturated heterocycles. The zero-order valence-corrected chi connectivity index (χ0v) is 19.4. The van der Waals surface area contributed by atoms with Crippen LogP contribution < -0.4 is 15.0 Å². The monoisotopic (exact) mass is 462 g/mol. The van der Waals surface area contributed by atoms with Gasteiger partial charge in [0.05, 0.1) is 30.2 Å². The number of anilines is 1. The van der Waals surface area contributed by atoms with Gasteiger partial charge in [0.2, 0.25) is 0 Å². The Morgan fingerprint density at radius 3 is 2.79 bits per heavy atom. The highest BCUT2D eigenvalue weighted by molar-refractivity contribution is 5.91. The number of amides is 1. The average molecular weight is 463 g/mol. The Hall–Kier alpha value is -3.33. The number of carbonyl (C=O) groups excluding carboxylic acids is 1. The van der Waals surface area contributed by atoms with Crippen molar-refractivity contribution in [2.75, 3.05) is 38.3 Å². The van der Waals surface area contributed by atoms with Gasteiger partial charge >= 0.3 is 0 Å². The molecule has 1 N–H and O–H groups in total. The van der Waals surface area contributed by atoms with Crippen LogP contribution in [0, 0.1) is 5.92 Å². The van der Waals surface area contributed by atoms with Crippen LogP contribution in [0.4, 0.5) is 5.69 Å². The second-order valence-corrected chi connectivity index (χ2v) is 8.90. The molecule has 178 valence electrons. The number of nitrogens with zero attached hydrogens (tertiary/aromatic N) is 5. The molecule has 0 spiro atoms. The third-order valence-electron chi connectivity index (χ3n) is 6.67. The minimum absolute atomic E-state index is 0.151. The van der Waals surface area contributed by atoms with Crippen molar-refractivity contribution in [3.8, 4) is 5.75 Å². The van der Waals surface area contributed by atoms with E-state index in [1.807, 2.05) is 6.20 Å². The molecule has 3 heterocycles. The maximum absolute atomic E-state index is 11.9. The van der Waals surface area contributed by atoms with Gasteiger partial charge in [-0.15, -0.1) is 0 Å². The number of morpholine rings is 1. The van der Waals surface area contributed by atoms with Crippen molar-refractivity contribution in [1.82, 2.24) is 25.3 Å². The fourth-order valence-electron chi connectivity index (χ4n) is 4.78. The summed E-state index contributed by atoms with van der Waals surface area (Å²) >= 11 is 0. The number of hydrogen-bond acceptors (Lipinski definition) is 8. The van der Waals surface area contributed by atoms with Gasteiger partial charge in [0.25, 0.3) is 5.91 Å². The molecule has 34 heavy (non-hydrogen) atoms. The van der Waals surface area contributed by atoms with E-state index in [1.54, 1.807) is 25.6 Å². The summed E-state index contributed by atoms with van der Waals surface area (Å²) in [6, 6.07) is 5.88. The maximum Gasteiger partial charge on any atom is 0.269 e. The van der Waals surface area contributed by atoms with Crippen molar-refractivity contribution in [2.45, 2.75) is 38.2 Å². The van der Waals surface area contributed by atoms with Gasteiger partial charge in [0.1, 0.15) is 23.6 Å². The molecular weight excluding hydrogens is 432 g/mol. The Labute approximate surface area is 198 Å². The lowest BCUT2D eigenvalue weighted by Gasteiger charge is -2.31. The molecule has 1 aliphatic heterocycles. The van der Waals surface area contributed by atoms with E-state index in [0.29, 0.717) is 11.6 Å². The predicted molar refractivity (Wildman–Crippen MR) is 128 cm³/mol. The number of fused-ring (bicyclic) bond motifs is 1. The van der Waals surface area contributed by atoms with Crippen molar-refractivity contribution in [3.05, 3.63) is 48.4 Å². The van der Waals surface area contributed by atoms with Gasteiger partial charge in [-0.05, 0) is 43.7 Å². The molecule has 1 aromatic carbocycles. The second kappa shape index (κ2) is 10.3. The van der Waals surface area contributed by atoms with Gasteiger partial charge in [0.15, 0.2) is 0 Å². The van der Waals surface area contributed by atoms with E-state index in [4.69, 9.17) is 9.47 Å². The van der Waals surface area contributed by atoms with Crippen LogP contribution in [0.3, 0.4) is 0 Å². The largest absolute Gasteiger partial charge is 0.490 e. The summed E-state index contributed by atoms with van der Waals surface area (Å²) in [6.07, 6.45) is 10.0. The lowest BCUT2D eigenvalue weighted by Crippen LogP contribution is -2.36. The van der Waals surface area contributed by atoms with E-state index in [9.17, 15) is 4.79 Å². The van der Waals surface area contributed by atoms with Crippen molar-refractivity contribution in [1.29, 1.82) is 0 Å². The molecule has 0 bridgehead atoms. The van der Waals surface area contributed by atoms with Crippen LogP contribution in [-0.2, 0) is 11.2 Å². The van der Waals surface area contributed by atoms with Crippen LogP contribution in [0.5, 0.6) is 5.75 Å². The number of benzene rings is 1. The first kappa shape index (κ1) is 22.5. The van der Waals surface area contributed by atoms with Gasteiger partial charge in [-0.25, -0.2) is 19.9 Å². The molecule has 1 amide bonds. The number of aromatic nitrogens is 4. The minimum atomic E-state index is -0.184. The standard InChI is InChI=1S/C25H30N6O3/c1-26-25(32)21-6-7-28-24(30-21)12-17-2-4-19(5-3-17)34-23-14-18(31-8-10-33-11-9-31)13-22-20(23)15-27-16-29-22/h6-7,13-17,19H,2-5,8-12H2,1H3,(H,26,32). The molecule has 0 atom stereocenters. The average Bonchev–Trinajstić information content (AvgIpc) is 2.90. The summed E-state index contributed by atoms with van der Waals surface area (Å²) in [5.41, 5.74) is 2.43. The highest BCUT2D eigenvalue weighted by atomic mass is 16.5. The molecule has 2 aromatic heterocycles. The van der Waals surface area contributed by atoms with Crippen molar-refractivity contribution >= 4 is 22.5 Å². The second-order valence-electron chi connectivity index (χ2n) is 8.90. The smallest absolute Gasteiger partial charge is 0.269 e. The third-order valence-corrected chi connectivity index (χ3v) is 6.67. The molecule has 9 nitrogen and oxygen atoms in total. The van der Waals surface area contributed by atoms with Gasteiger partial charge in [0, 0.05) is 50.7 Å². The van der Waals surface area contributed by atoms with Crippen LogP contribution in [0.15, 0.2) is 36.9 Å². The number of nitrogens with one attached hydrogen (secondary N) is 1. The molecule has 5 rings (SSSR count). The first-order valence-corrected chi connectivity index (χ1v) is 12.0. The summed E-state index contributed by atoms with van der Waals surface area (Å²) in [7, 11) is 1.61. The topological polar surface area (TPSA) is 102 Å². The first-order valence-electron chi connectivity index (χ1n) is 12.0. The highest BCUT2D eigenvalue weighted by Gasteiger charge is 2.25.